The normalized spacial score (nSPS) is 30.0. The Morgan fingerprint density at radius 1 is 1.38 bits per heavy atom. The second-order valence-corrected chi connectivity index (χ2v) is 5.42. The minimum atomic E-state index is 0.239. The molecule has 1 unspecified atom stereocenters. The standard InChI is InChI=1S/C13H22N2O/c1-10(2)8-12-5-7-15(13(12)16)14-6-4-11(3)9-14/h8,10-11H,4-7,9H2,1-3H3/b12-8+. The predicted octanol–water partition coefficient (Wildman–Crippen LogP) is 2.06. The first kappa shape index (κ1) is 11.6. The molecule has 2 rings (SSSR count). The zero-order valence-corrected chi connectivity index (χ0v) is 10.6. The highest BCUT2D eigenvalue weighted by Crippen LogP contribution is 2.25. The van der Waals surface area contributed by atoms with Crippen molar-refractivity contribution in [1.82, 2.24) is 10.0 Å². The van der Waals surface area contributed by atoms with Gasteiger partial charge in [-0.05, 0) is 24.7 Å². The van der Waals surface area contributed by atoms with Gasteiger partial charge in [0.2, 0.25) is 0 Å². The van der Waals surface area contributed by atoms with Crippen LogP contribution in [0, 0.1) is 11.8 Å². The topological polar surface area (TPSA) is 23.6 Å². The summed E-state index contributed by atoms with van der Waals surface area (Å²) in [7, 11) is 0. The summed E-state index contributed by atoms with van der Waals surface area (Å²) in [6, 6.07) is 0. The van der Waals surface area contributed by atoms with Crippen LogP contribution in [0.1, 0.15) is 33.6 Å². The molecule has 2 aliphatic rings. The first-order valence-electron chi connectivity index (χ1n) is 6.35. The third kappa shape index (κ3) is 2.29. The number of hydrogen-bond acceptors (Lipinski definition) is 2. The number of nitrogens with zero attached hydrogens (tertiary/aromatic N) is 2. The van der Waals surface area contributed by atoms with E-state index >= 15 is 0 Å². The van der Waals surface area contributed by atoms with E-state index in [1.54, 1.807) is 0 Å². The minimum Gasteiger partial charge on any atom is -0.271 e. The second kappa shape index (κ2) is 4.58. The van der Waals surface area contributed by atoms with E-state index in [4.69, 9.17) is 0 Å². The average molecular weight is 222 g/mol. The summed E-state index contributed by atoms with van der Waals surface area (Å²) in [5, 5.41) is 4.19. The van der Waals surface area contributed by atoms with Crippen LogP contribution in [0.25, 0.3) is 0 Å². The zero-order valence-electron chi connectivity index (χ0n) is 10.6. The molecule has 0 aromatic rings. The molecular weight excluding hydrogens is 200 g/mol. The Labute approximate surface area is 98.1 Å². The molecule has 2 saturated heterocycles. The van der Waals surface area contributed by atoms with Gasteiger partial charge in [0.1, 0.15) is 0 Å². The predicted molar refractivity (Wildman–Crippen MR) is 64.6 cm³/mol. The van der Waals surface area contributed by atoms with Crippen LogP contribution in [0.3, 0.4) is 0 Å². The maximum Gasteiger partial charge on any atom is 0.263 e. The largest absolute Gasteiger partial charge is 0.271 e. The van der Waals surface area contributed by atoms with Gasteiger partial charge in [0.05, 0.1) is 0 Å². The summed E-state index contributed by atoms with van der Waals surface area (Å²) in [5.41, 5.74) is 1.01. The van der Waals surface area contributed by atoms with Crippen LogP contribution < -0.4 is 0 Å². The van der Waals surface area contributed by atoms with Gasteiger partial charge in [-0.15, -0.1) is 0 Å². The Morgan fingerprint density at radius 2 is 2.12 bits per heavy atom. The zero-order chi connectivity index (χ0) is 11.7. The van der Waals surface area contributed by atoms with Crippen molar-refractivity contribution in [3.05, 3.63) is 11.6 Å². The van der Waals surface area contributed by atoms with Crippen LogP contribution in [0.4, 0.5) is 0 Å². The third-order valence-corrected chi connectivity index (χ3v) is 3.38. The number of carbonyl (C=O) groups is 1. The number of carbonyl (C=O) groups excluding carboxylic acids is 1. The summed E-state index contributed by atoms with van der Waals surface area (Å²) in [6.07, 6.45) is 4.25. The van der Waals surface area contributed by atoms with Crippen molar-refractivity contribution >= 4 is 5.91 Å². The molecule has 0 bridgehead atoms. The SMILES string of the molecule is CC(C)/C=C1\CCN(N2CCC(C)C2)C1=O. The molecule has 0 aliphatic carbocycles. The fraction of sp³-hybridized carbons (Fsp3) is 0.769. The lowest BCUT2D eigenvalue weighted by molar-refractivity contribution is -0.138. The molecule has 3 nitrogen and oxygen atoms in total. The number of hydrazine groups is 1. The second-order valence-electron chi connectivity index (χ2n) is 5.42. The van der Waals surface area contributed by atoms with Crippen molar-refractivity contribution in [3.8, 4) is 0 Å². The van der Waals surface area contributed by atoms with Gasteiger partial charge in [0, 0.05) is 25.2 Å². The molecule has 1 atom stereocenters. The Balaban J connectivity index is 2.02. The number of allylic oxidation sites excluding steroid dienone is 1. The Kier molecular flexibility index (Phi) is 3.33. The van der Waals surface area contributed by atoms with Crippen LogP contribution in [0.2, 0.25) is 0 Å². The minimum absolute atomic E-state index is 0.239. The van der Waals surface area contributed by atoms with Crippen molar-refractivity contribution in [3.63, 3.8) is 0 Å². The monoisotopic (exact) mass is 222 g/mol. The van der Waals surface area contributed by atoms with Gasteiger partial charge in [-0.2, -0.15) is 0 Å². The first-order valence-corrected chi connectivity index (χ1v) is 6.35. The number of amides is 1. The molecule has 16 heavy (non-hydrogen) atoms. The summed E-state index contributed by atoms with van der Waals surface area (Å²) >= 11 is 0. The average Bonchev–Trinajstić information content (AvgIpc) is 2.74. The summed E-state index contributed by atoms with van der Waals surface area (Å²) in [4.78, 5) is 12.2. The van der Waals surface area contributed by atoms with E-state index in [0.29, 0.717) is 5.92 Å². The van der Waals surface area contributed by atoms with E-state index < -0.39 is 0 Å². The molecule has 0 radical (unpaired) electrons. The maximum absolute atomic E-state index is 12.2. The summed E-state index contributed by atoms with van der Waals surface area (Å²) in [5.74, 6) is 1.44. The first-order chi connectivity index (χ1) is 7.58. The lowest BCUT2D eigenvalue weighted by Crippen LogP contribution is -2.42. The van der Waals surface area contributed by atoms with Gasteiger partial charge >= 0.3 is 0 Å². The number of rotatable bonds is 2. The van der Waals surface area contributed by atoms with Crippen molar-refractivity contribution in [1.29, 1.82) is 0 Å². The molecule has 90 valence electrons. The van der Waals surface area contributed by atoms with Crippen LogP contribution in [0.15, 0.2) is 11.6 Å². The van der Waals surface area contributed by atoms with Crippen molar-refractivity contribution in [2.45, 2.75) is 33.6 Å². The van der Waals surface area contributed by atoms with Gasteiger partial charge in [0.25, 0.3) is 5.91 Å². The Morgan fingerprint density at radius 3 is 2.69 bits per heavy atom. The molecule has 0 saturated carbocycles. The van der Waals surface area contributed by atoms with Crippen LogP contribution >= 0.6 is 0 Å². The fourth-order valence-corrected chi connectivity index (χ4v) is 2.56. The van der Waals surface area contributed by atoms with Gasteiger partial charge in [-0.1, -0.05) is 26.8 Å². The molecule has 2 heterocycles. The van der Waals surface area contributed by atoms with Gasteiger partial charge in [-0.3, -0.25) is 9.80 Å². The van der Waals surface area contributed by atoms with Crippen molar-refractivity contribution in [2.24, 2.45) is 11.8 Å². The van der Waals surface area contributed by atoms with Gasteiger partial charge in [-0.25, -0.2) is 5.01 Å². The van der Waals surface area contributed by atoms with Crippen LogP contribution in [-0.4, -0.2) is 35.6 Å². The Hall–Kier alpha value is -0.830. The van der Waals surface area contributed by atoms with Crippen molar-refractivity contribution < 1.29 is 4.79 Å². The van der Waals surface area contributed by atoms with E-state index in [0.717, 1.165) is 37.5 Å². The summed E-state index contributed by atoms with van der Waals surface area (Å²) < 4.78 is 0. The summed E-state index contributed by atoms with van der Waals surface area (Å²) in [6.45, 7) is 9.47. The Bertz CT molecular complexity index is 309. The van der Waals surface area contributed by atoms with E-state index in [9.17, 15) is 4.79 Å². The molecule has 3 heteroatoms. The number of hydrogen-bond donors (Lipinski definition) is 0. The van der Waals surface area contributed by atoms with Crippen LogP contribution in [0.5, 0.6) is 0 Å². The highest BCUT2D eigenvalue weighted by atomic mass is 16.2. The molecule has 0 aromatic carbocycles. The molecular formula is C13H22N2O. The lowest BCUT2D eigenvalue weighted by atomic mass is 10.1. The molecule has 0 spiro atoms. The van der Waals surface area contributed by atoms with E-state index in [1.165, 1.54) is 6.42 Å². The van der Waals surface area contributed by atoms with E-state index in [1.807, 2.05) is 5.01 Å². The smallest absolute Gasteiger partial charge is 0.263 e. The molecule has 2 aliphatic heterocycles. The van der Waals surface area contributed by atoms with E-state index in [2.05, 4.69) is 31.9 Å². The third-order valence-electron chi connectivity index (χ3n) is 3.38. The molecule has 2 fully saturated rings. The van der Waals surface area contributed by atoms with Crippen molar-refractivity contribution in [2.75, 3.05) is 19.6 Å². The fourth-order valence-electron chi connectivity index (χ4n) is 2.56. The van der Waals surface area contributed by atoms with Gasteiger partial charge < -0.3 is 0 Å². The molecule has 0 N–H and O–H groups in total. The highest BCUT2D eigenvalue weighted by Gasteiger charge is 2.33. The van der Waals surface area contributed by atoms with Gasteiger partial charge in [0.15, 0.2) is 0 Å². The van der Waals surface area contributed by atoms with Crippen LogP contribution in [-0.2, 0) is 4.79 Å². The quantitative estimate of drug-likeness (QED) is 0.668. The lowest BCUT2D eigenvalue weighted by Gasteiger charge is -2.27. The molecule has 1 amide bonds. The van der Waals surface area contributed by atoms with E-state index in [-0.39, 0.29) is 5.91 Å². The maximum atomic E-state index is 12.2. The highest BCUT2D eigenvalue weighted by molar-refractivity contribution is 5.95. The molecule has 0 aromatic heterocycles.